The summed E-state index contributed by atoms with van der Waals surface area (Å²) in [6.45, 7) is 2.93. The largest absolute Gasteiger partial charge is 0.493 e. The Morgan fingerprint density at radius 1 is 1.03 bits per heavy atom. The van der Waals surface area contributed by atoms with Gasteiger partial charge in [-0.1, -0.05) is 6.07 Å². The number of hydrogen-bond donors (Lipinski definition) is 1. The number of rotatable bonds is 9. The zero-order valence-electron chi connectivity index (χ0n) is 18.6. The van der Waals surface area contributed by atoms with Crippen molar-refractivity contribution in [3.63, 3.8) is 0 Å². The number of nitrogens with zero attached hydrogens (tertiary/aromatic N) is 3. The van der Waals surface area contributed by atoms with Gasteiger partial charge in [0.15, 0.2) is 11.5 Å². The summed E-state index contributed by atoms with van der Waals surface area (Å²) >= 11 is 0. The van der Waals surface area contributed by atoms with E-state index in [2.05, 4.69) is 20.3 Å². The van der Waals surface area contributed by atoms with E-state index < -0.39 is 11.9 Å². The Morgan fingerprint density at radius 3 is 2.48 bits per heavy atom. The third-order valence-corrected chi connectivity index (χ3v) is 5.57. The van der Waals surface area contributed by atoms with Gasteiger partial charge in [-0.15, -0.1) is 0 Å². The first-order chi connectivity index (χ1) is 15.7. The maximum absolute atomic E-state index is 13.0. The fourth-order valence-electron chi connectivity index (χ4n) is 3.61. The van der Waals surface area contributed by atoms with Gasteiger partial charge in [-0.2, -0.15) is 13.2 Å². The van der Waals surface area contributed by atoms with Gasteiger partial charge < -0.3 is 19.5 Å². The van der Waals surface area contributed by atoms with Crippen LogP contribution in [0.3, 0.4) is 0 Å². The highest BCUT2D eigenvalue weighted by molar-refractivity contribution is 5.91. The summed E-state index contributed by atoms with van der Waals surface area (Å²) in [5, 5.41) is 3.76. The molecule has 2 aromatic heterocycles. The van der Waals surface area contributed by atoms with Crippen molar-refractivity contribution in [1.82, 2.24) is 15.0 Å². The van der Waals surface area contributed by atoms with Crippen LogP contribution in [0.1, 0.15) is 30.1 Å². The molecule has 0 radical (unpaired) electrons. The number of halogens is 3. The van der Waals surface area contributed by atoms with Crippen molar-refractivity contribution in [2.75, 3.05) is 32.8 Å². The van der Waals surface area contributed by atoms with Crippen molar-refractivity contribution in [2.24, 2.45) is 5.41 Å². The number of aryl methyl sites for hydroxylation is 1. The van der Waals surface area contributed by atoms with E-state index in [1.807, 2.05) is 0 Å². The van der Waals surface area contributed by atoms with Crippen LogP contribution >= 0.6 is 0 Å². The molecule has 0 unspecified atom stereocenters. The van der Waals surface area contributed by atoms with E-state index in [1.54, 1.807) is 33.3 Å². The monoisotopic (exact) mass is 462 g/mol. The lowest BCUT2D eigenvalue weighted by Gasteiger charge is -2.18. The fraction of sp³-hybridized carbons (Fsp3) is 0.435. The van der Waals surface area contributed by atoms with E-state index in [1.165, 1.54) is 12.1 Å². The van der Waals surface area contributed by atoms with Crippen molar-refractivity contribution in [1.29, 1.82) is 0 Å². The van der Waals surface area contributed by atoms with Crippen LogP contribution in [0.2, 0.25) is 0 Å². The second-order valence-electron chi connectivity index (χ2n) is 8.23. The van der Waals surface area contributed by atoms with Gasteiger partial charge in [0, 0.05) is 24.0 Å². The average Bonchev–Trinajstić information content (AvgIpc) is 3.55. The van der Waals surface area contributed by atoms with Crippen molar-refractivity contribution < 1.29 is 27.4 Å². The molecule has 1 saturated carbocycles. The van der Waals surface area contributed by atoms with E-state index in [0.29, 0.717) is 47.3 Å². The van der Waals surface area contributed by atoms with Crippen molar-refractivity contribution in [3.8, 4) is 11.5 Å². The minimum atomic E-state index is -4.50. The molecule has 1 fully saturated rings. The molecule has 10 heteroatoms. The maximum Gasteiger partial charge on any atom is 0.433 e. The fourth-order valence-corrected chi connectivity index (χ4v) is 3.61. The zero-order chi connectivity index (χ0) is 23.6. The van der Waals surface area contributed by atoms with Crippen LogP contribution < -0.4 is 14.8 Å². The number of benzene rings is 1. The second kappa shape index (κ2) is 9.01. The van der Waals surface area contributed by atoms with Gasteiger partial charge in [0.05, 0.1) is 38.1 Å². The first-order valence-electron chi connectivity index (χ1n) is 10.5. The summed E-state index contributed by atoms with van der Waals surface area (Å²) in [7, 11) is 3.23. The van der Waals surface area contributed by atoms with E-state index in [4.69, 9.17) is 14.2 Å². The van der Waals surface area contributed by atoms with Gasteiger partial charge in [0.25, 0.3) is 0 Å². The molecule has 1 aromatic carbocycles. The highest BCUT2D eigenvalue weighted by Gasteiger charge is 2.43. The quantitative estimate of drug-likeness (QED) is 0.490. The number of alkyl halides is 3. The summed E-state index contributed by atoms with van der Waals surface area (Å²) in [5.74, 6) is 2.07. The van der Waals surface area contributed by atoms with E-state index in [-0.39, 0.29) is 17.7 Å². The molecule has 0 aliphatic heterocycles. The Balaban J connectivity index is 1.61. The lowest BCUT2D eigenvalue weighted by Crippen LogP contribution is -2.18. The van der Waals surface area contributed by atoms with Crippen LogP contribution in [0.5, 0.6) is 11.5 Å². The molecule has 33 heavy (non-hydrogen) atoms. The van der Waals surface area contributed by atoms with Crippen LogP contribution in [0.4, 0.5) is 19.0 Å². The topological polar surface area (TPSA) is 78.4 Å². The minimum absolute atomic E-state index is 0.0226. The lowest BCUT2D eigenvalue weighted by atomic mass is 10.1. The summed E-state index contributed by atoms with van der Waals surface area (Å²) in [6.07, 6.45) is -2.43. The first-order valence-corrected chi connectivity index (χ1v) is 10.5. The SMILES string of the molecule is COCC1(COc2cc3c(NCc4cccc(C(F)(F)F)n4)nc(C)nc3cc2OC)CC1. The molecule has 0 atom stereocenters. The highest BCUT2D eigenvalue weighted by atomic mass is 19.4. The maximum atomic E-state index is 13.0. The third kappa shape index (κ3) is 5.27. The molecule has 0 amide bonds. The van der Waals surface area contributed by atoms with Gasteiger partial charge in [0.2, 0.25) is 0 Å². The lowest BCUT2D eigenvalue weighted by molar-refractivity contribution is -0.141. The van der Waals surface area contributed by atoms with Crippen LogP contribution in [0, 0.1) is 12.3 Å². The van der Waals surface area contributed by atoms with E-state index in [9.17, 15) is 13.2 Å². The van der Waals surface area contributed by atoms with Crippen LogP contribution in [0.15, 0.2) is 30.3 Å². The standard InChI is InChI=1S/C23H25F3N4O3/c1-14-28-17-10-18(32-3)19(33-13-22(7-8-22)12-31-2)9-16(17)21(29-14)27-11-15-5-4-6-20(30-15)23(24,25)26/h4-6,9-10H,7-8,11-13H2,1-3H3,(H,27,28,29). The van der Waals surface area contributed by atoms with Gasteiger partial charge in [-0.05, 0) is 38.0 Å². The number of aromatic nitrogens is 3. The van der Waals surface area contributed by atoms with Crippen LogP contribution in [0.25, 0.3) is 10.9 Å². The molecule has 7 nitrogen and oxygen atoms in total. The Bertz CT molecular complexity index is 1150. The normalized spacial score (nSPS) is 14.8. The van der Waals surface area contributed by atoms with Crippen molar-refractivity contribution >= 4 is 16.7 Å². The average molecular weight is 462 g/mol. The van der Waals surface area contributed by atoms with Gasteiger partial charge in [0.1, 0.15) is 17.3 Å². The summed E-state index contributed by atoms with van der Waals surface area (Å²) in [6, 6.07) is 7.36. The molecule has 176 valence electrons. The van der Waals surface area contributed by atoms with E-state index >= 15 is 0 Å². The molecule has 1 N–H and O–H groups in total. The van der Waals surface area contributed by atoms with Gasteiger partial charge in [-0.3, -0.25) is 0 Å². The molecule has 2 heterocycles. The van der Waals surface area contributed by atoms with Crippen LogP contribution in [-0.4, -0.2) is 42.4 Å². The number of hydrogen-bond acceptors (Lipinski definition) is 7. The molecule has 1 aliphatic rings. The molecule has 0 bridgehead atoms. The number of fused-ring (bicyclic) bond motifs is 1. The number of anilines is 1. The number of ether oxygens (including phenoxy) is 3. The minimum Gasteiger partial charge on any atom is -0.493 e. The Kier molecular flexibility index (Phi) is 6.29. The first kappa shape index (κ1) is 23.0. The Hall–Kier alpha value is -3.14. The zero-order valence-corrected chi connectivity index (χ0v) is 18.6. The molecule has 0 saturated heterocycles. The molecule has 1 aliphatic carbocycles. The molecule has 0 spiro atoms. The van der Waals surface area contributed by atoms with Crippen LogP contribution in [-0.2, 0) is 17.5 Å². The third-order valence-electron chi connectivity index (χ3n) is 5.57. The molecule has 4 rings (SSSR count). The molecular weight excluding hydrogens is 437 g/mol. The van der Waals surface area contributed by atoms with Crippen molar-refractivity contribution in [3.05, 3.63) is 47.5 Å². The number of pyridine rings is 1. The second-order valence-corrected chi connectivity index (χ2v) is 8.23. The molecular formula is C23H25F3N4O3. The summed E-state index contributed by atoms with van der Waals surface area (Å²) in [4.78, 5) is 12.6. The van der Waals surface area contributed by atoms with E-state index in [0.717, 1.165) is 18.9 Å². The highest BCUT2D eigenvalue weighted by Crippen LogP contribution is 2.47. The summed E-state index contributed by atoms with van der Waals surface area (Å²) < 4.78 is 55.8. The number of nitrogens with one attached hydrogen (secondary N) is 1. The Labute approximate surface area is 189 Å². The van der Waals surface area contributed by atoms with Gasteiger partial charge in [-0.25, -0.2) is 15.0 Å². The predicted octanol–water partition coefficient (Wildman–Crippen LogP) is 4.78. The van der Waals surface area contributed by atoms with Crippen molar-refractivity contribution in [2.45, 2.75) is 32.5 Å². The Morgan fingerprint density at radius 2 is 1.82 bits per heavy atom. The van der Waals surface area contributed by atoms with Gasteiger partial charge >= 0.3 is 6.18 Å². The summed E-state index contributed by atoms with van der Waals surface area (Å²) in [5.41, 5.74) is -0.0379. The predicted molar refractivity (Wildman–Crippen MR) is 116 cm³/mol. The number of methoxy groups -OCH3 is 2. The molecule has 3 aromatic rings. The smallest absolute Gasteiger partial charge is 0.433 e.